The Balaban J connectivity index is 1.96. The number of halogens is 1. The second-order valence-electron chi connectivity index (χ2n) is 5.52. The number of ether oxygens (including phenoxy) is 2. The van der Waals surface area contributed by atoms with Crippen LogP contribution in [0.2, 0.25) is 5.02 Å². The standard InChI is InChI=1S/C16H22ClN3O4/c1-11(21)20-6-4-19(5-7-20)10-16(22)18-13-9-14(23-2)12(17)8-15(13)24-3/h8-9H,4-7,10H2,1-3H3,(H,18,22). The molecule has 0 atom stereocenters. The number of rotatable bonds is 5. The van der Waals surface area contributed by atoms with Gasteiger partial charge in [-0.3, -0.25) is 14.5 Å². The highest BCUT2D eigenvalue weighted by molar-refractivity contribution is 6.32. The van der Waals surface area contributed by atoms with E-state index < -0.39 is 0 Å². The molecule has 132 valence electrons. The third kappa shape index (κ3) is 4.52. The summed E-state index contributed by atoms with van der Waals surface area (Å²) < 4.78 is 10.4. The lowest BCUT2D eigenvalue weighted by Gasteiger charge is -2.33. The van der Waals surface area contributed by atoms with E-state index in [2.05, 4.69) is 5.32 Å². The molecule has 0 aromatic heterocycles. The summed E-state index contributed by atoms with van der Waals surface area (Å²) in [5.41, 5.74) is 0.506. The fraction of sp³-hybridized carbons (Fsp3) is 0.500. The van der Waals surface area contributed by atoms with E-state index in [9.17, 15) is 9.59 Å². The molecule has 1 heterocycles. The summed E-state index contributed by atoms with van der Waals surface area (Å²) in [5.74, 6) is 0.837. The number of nitrogens with one attached hydrogen (secondary N) is 1. The van der Waals surface area contributed by atoms with Crippen molar-refractivity contribution in [3.05, 3.63) is 17.2 Å². The Bertz CT molecular complexity index is 616. The normalized spacial score (nSPS) is 15.1. The van der Waals surface area contributed by atoms with Crippen LogP contribution in [-0.2, 0) is 9.59 Å². The van der Waals surface area contributed by atoms with Crippen LogP contribution in [0.25, 0.3) is 0 Å². The van der Waals surface area contributed by atoms with Crippen LogP contribution in [0.15, 0.2) is 12.1 Å². The Morgan fingerprint density at radius 1 is 1.12 bits per heavy atom. The van der Waals surface area contributed by atoms with E-state index in [-0.39, 0.29) is 18.4 Å². The largest absolute Gasteiger partial charge is 0.495 e. The van der Waals surface area contributed by atoms with Gasteiger partial charge in [0.05, 0.1) is 31.5 Å². The minimum Gasteiger partial charge on any atom is -0.495 e. The van der Waals surface area contributed by atoms with Crippen molar-refractivity contribution in [2.45, 2.75) is 6.92 Å². The summed E-state index contributed by atoms with van der Waals surface area (Å²) in [6, 6.07) is 3.23. The average Bonchev–Trinajstić information content (AvgIpc) is 2.56. The summed E-state index contributed by atoms with van der Waals surface area (Å²) in [4.78, 5) is 27.4. The van der Waals surface area contributed by atoms with Crippen LogP contribution in [-0.4, -0.2) is 68.6 Å². The molecule has 1 saturated heterocycles. The fourth-order valence-corrected chi connectivity index (χ4v) is 2.80. The molecule has 1 fully saturated rings. The number of piperazine rings is 1. The number of benzene rings is 1. The first kappa shape index (κ1) is 18.4. The van der Waals surface area contributed by atoms with Crippen LogP contribution in [0.4, 0.5) is 5.69 Å². The van der Waals surface area contributed by atoms with Crippen molar-refractivity contribution >= 4 is 29.1 Å². The summed E-state index contributed by atoms with van der Waals surface area (Å²) in [6.07, 6.45) is 0. The van der Waals surface area contributed by atoms with E-state index in [4.69, 9.17) is 21.1 Å². The van der Waals surface area contributed by atoms with Crippen LogP contribution in [0.1, 0.15) is 6.92 Å². The molecule has 0 spiro atoms. The monoisotopic (exact) mass is 355 g/mol. The van der Waals surface area contributed by atoms with Crippen LogP contribution in [0.3, 0.4) is 0 Å². The first-order valence-electron chi connectivity index (χ1n) is 7.63. The quantitative estimate of drug-likeness (QED) is 0.865. The number of hydrogen-bond acceptors (Lipinski definition) is 5. The molecule has 8 heteroatoms. The number of amides is 2. The van der Waals surface area contributed by atoms with E-state index in [1.165, 1.54) is 14.2 Å². The van der Waals surface area contributed by atoms with Crippen molar-refractivity contribution in [3.63, 3.8) is 0 Å². The SMILES string of the molecule is COc1cc(NC(=O)CN2CCN(C(C)=O)CC2)c(OC)cc1Cl. The van der Waals surface area contributed by atoms with E-state index in [0.717, 1.165) is 0 Å². The lowest BCUT2D eigenvalue weighted by atomic mass is 10.2. The number of carbonyl (C=O) groups is 2. The van der Waals surface area contributed by atoms with Gasteiger partial charge in [-0.05, 0) is 0 Å². The van der Waals surface area contributed by atoms with Gasteiger partial charge in [0.15, 0.2) is 0 Å². The Morgan fingerprint density at radius 3 is 2.29 bits per heavy atom. The van der Waals surface area contributed by atoms with Gasteiger partial charge in [-0.25, -0.2) is 0 Å². The van der Waals surface area contributed by atoms with E-state index in [1.54, 1.807) is 24.0 Å². The lowest BCUT2D eigenvalue weighted by Crippen LogP contribution is -2.49. The van der Waals surface area contributed by atoms with Gasteiger partial charge < -0.3 is 19.7 Å². The molecule has 1 aliphatic heterocycles. The zero-order valence-corrected chi connectivity index (χ0v) is 14.9. The maximum Gasteiger partial charge on any atom is 0.238 e. The van der Waals surface area contributed by atoms with Crippen molar-refractivity contribution in [2.24, 2.45) is 0 Å². The molecule has 0 unspecified atom stereocenters. The van der Waals surface area contributed by atoms with Crippen molar-refractivity contribution in [2.75, 3.05) is 52.3 Å². The zero-order valence-electron chi connectivity index (χ0n) is 14.1. The smallest absolute Gasteiger partial charge is 0.238 e. The molecular weight excluding hydrogens is 334 g/mol. The number of anilines is 1. The predicted molar refractivity (Wildman–Crippen MR) is 91.9 cm³/mol. The second-order valence-corrected chi connectivity index (χ2v) is 5.92. The summed E-state index contributed by atoms with van der Waals surface area (Å²) in [7, 11) is 3.02. The molecule has 1 aromatic carbocycles. The van der Waals surface area contributed by atoms with E-state index in [0.29, 0.717) is 48.4 Å². The van der Waals surface area contributed by atoms with Crippen molar-refractivity contribution in [1.29, 1.82) is 0 Å². The van der Waals surface area contributed by atoms with Gasteiger partial charge in [-0.1, -0.05) is 11.6 Å². The lowest BCUT2D eigenvalue weighted by molar-refractivity contribution is -0.130. The highest BCUT2D eigenvalue weighted by Crippen LogP contribution is 2.35. The molecule has 2 rings (SSSR count). The molecule has 1 N–H and O–H groups in total. The molecule has 2 amide bonds. The van der Waals surface area contributed by atoms with Crippen LogP contribution in [0, 0.1) is 0 Å². The molecule has 1 aliphatic rings. The third-order valence-electron chi connectivity index (χ3n) is 3.93. The number of methoxy groups -OCH3 is 2. The van der Waals surface area contributed by atoms with E-state index in [1.807, 2.05) is 4.90 Å². The van der Waals surface area contributed by atoms with Gasteiger partial charge in [0.25, 0.3) is 0 Å². The van der Waals surface area contributed by atoms with Crippen molar-refractivity contribution < 1.29 is 19.1 Å². The average molecular weight is 356 g/mol. The number of nitrogens with zero attached hydrogens (tertiary/aromatic N) is 2. The maximum atomic E-state index is 12.3. The molecule has 1 aromatic rings. The summed E-state index contributed by atoms with van der Waals surface area (Å²) in [6.45, 7) is 4.44. The van der Waals surface area contributed by atoms with Crippen molar-refractivity contribution in [3.8, 4) is 11.5 Å². The fourth-order valence-electron chi connectivity index (χ4n) is 2.57. The summed E-state index contributed by atoms with van der Waals surface area (Å²) >= 11 is 6.05. The highest BCUT2D eigenvalue weighted by atomic mass is 35.5. The van der Waals surface area contributed by atoms with Gasteiger partial charge in [0, 0.05) is 45.2 Å². The van der Waals surface area contributed by atoms with Gasteiger partial charge in [-0.2, -0.15) is 0 Å². The molecule has 7 nitrogen and oxygen atoms in total. The second kappa shape index (κ2) is 8.21. The highest BCUT2D eigenvalue weighted by Gasteiger charge is 2.21. The number of hydrogen-bond donors (Lipinski definition) is 1. The third-order valence-corrected chi connectivity index (χ3v) is 4.23. The topological polar surface area (TPSA) is 71.1 Å². The zero-order chi connectivity index (χ0) is 17.7. The predicted octanol–water partition coefficient (Wildman–Crippen LogP) is 1.46. The minimum absolute atomic E-state index is 0.0668. The Hall–Kier alpha value is -1.99. The molecule has 0 saturated carbocycles. The van der Waals surface area contributed by atoms with Gasteiger partial charge in [0.1, 0.15) is 11.5 Å². The van der Waals surface area contributed by atoms with Crippen LogP contribution >= 0.6 is 11.6 Å². The number of carbonyl (C=O) groups excluding carboxylic acids is 2. The Morgan fingerprint density at radius 2 is 1.75 bits per heavy atom. The van der Waals surface area contributed by atoms with Crippen molar-refractivity contribution in [1.82, 2.24) is 9.80 Å². The Kier molecular flexibility index (Phi) is 6.28. The Labute approximate surface area is 146 Å². The molecular formula is C16H22ClN3O4. The molecule has 0 radical (unpaired) electrons. The molecule has 0 bridgehead atoms. The van der Waals surface area contributed by atoms with Gasteiger partial charge >= 0.3 is 0 Å². The maximum absolute atomic E-state index is 12.3. The molecule has 24 heavy (non-hydrogen) atoms. The van der Waals surface area contributed by atoms with Gasteiger partial charge in [0.2, 0.25) is 11.8 Å². The first-order valence-corrected chi connectivity index (χ1v) is 8.01. The van der Waals surface area contributed by atoms with Crippen LogP contribution < -0.4 is 14.8 Å². The summed E-state index contributed by atoms with van der Waals surface area (Å²) in [5, 5.41) is 3.23. The van der Waals surface area contributed by atoms with Gasteiger partial charge in [-0.15, -0.1) is 0 Å². The first-order chi connectivity index (χ1) is 11.4. The van der Waals surface area contributed by atoms with E-state index >= 15 is 0 Å². The van der Waals surface area contributed by atoms with Crippen LogP contribution in [0.5, 0.6) is 11.5 Å². The molecule has 0 aliphatic carbocycles. The minimum atomic E-state index is -0.158.